The van der Waals surface area contributed by atoms with E-state index in [4.69, 9.17) is 9.52 Å². The maximum absolute atomic E-state index is 12.5. The van der Waals surface area contributed by atoms with Gasteiger partial charge >= 0.3 is 5.97 Å². The molecule has 100 valence electrons. The van der Waals surface area contributed by atoms with Gasteiger partial charge in [0.2, 0.25) is 0 Å². The quantitative estimate of drug-likeness (QED) is 0.803. The van der Waals surface area contributed by atoms with Crippen molar-refractivity contribution in [2.75, 3.05) is 0 Å². The Balaban J connectivity index is 2.36. The van der Waals surface area contributed by atoms with Crippen LogP contribution in [-0.2, 0) is 11.2 Å². The van der Waals surface area contributed by atoms with Crippen LogP contribution >= 0.6 is 11.3 Å². The average Bonchev–Trinajstić information content (AvgIpc) is 2.95. The zero-order chi connectivity index (χ0) is 14.1. The largest absolute Gasteiger partial charge is 0.481 e. The van der Waals surface area contributed by atoms with E-state index in [9.17, 15) is 9.59 Å². The van der Waals surface area contributed by atoms with E-state index in [1.54, 1.807) is 24.3 Å². The second-order valence-corrected chi connectivity index (χ2v) is 5.10. The number of para-hydroxylation sites is 1. The lowest BCUT2D eigenvalue weighted by atomic mass is 10.0. The van der Waals surface area contributed by atoms with Crippen molar-refractivity contribution < 1.29 is 14.3 Å². The van der Waals surface area contributed by atoms with E-state index in [2.05, 4.69) is 0 Å². The summed E-state index contributed by atoms with van der Waals surface area (Å²) in [5.74, 6) is -0.707. The molecule has 0 aliphatic rings. The number of carboxylic acids is 1. The van der Waals surface area contributed by atoms with Crippen molar-refractivity contribution in [3.63, 3.8) is 0 Å². The Morgan fingerprint density at radius 2 is 2.05 bits per heavy atom. The lowest BCUT2D eigenvalue weighted by Gasteiger charge is -2.07. The van der Waals surface area contributed by atoms with Gasteiger partial charge in [0.15, 0.2) is 5.43 Å². The summed E-state index contributed by atoms with van der Waals surface area (Å²) in [6, 6.07) is 8.66. The van der Waals surface area contributed by atoms with Crippen LogP contribution in [0.2, 0.25) is 0 Å². The van der Waals surface area contributed by atoms with Crippen LogP contribution < -0.4 is 5.43 Å². The molecule has 2 heterocycles. The molecule has 0 saturated carbocycles. The molecule has 0 spiro atoms. The zero-order valence-corrected chi connectivity index (χ0v) is 11.1. The second-order valence-electron chi connectivity index (χ2n) is 4.32. The molecule has 0 aliphatic carbocycles. The Bertz CT molecular complexity index is 831. The molecule has 0 unspecified atom stereocenters. The Labute approximate surface area is 117 Å². The number of aliphatic carboxylic acids is 1. The van der Waals surface area contributed by atoms with Gasteiger partial charge < -0.3 is 9.52 Å². The van der Waals surface area contributed by atoms with Gasteiger partial charge in [-0.05, 0) is 23.6 Å². The van der Waals surface area contributed by atoms with E-state index in [0.717, 1.165) is 5.56 Å². The Kier molecular flexibility index (Phi) is 3.12. The molecule has 5 heteroatoms. The van der Waals surface area contributed by atoms with Crippen LogP contribution in [-0.4, -0.2) is 11.1 Å². The predicted molar refractivity (Wildman–Crippen MR) is 77.1 cm³/mol. The lowest BCUT2D eigenvalue weighted by molar-refractivity contribution is -0.136. The van der Waals surface area contributed by atoms with E-state index >= 15 is 0 Å². The Morgan fingerprint density at radius 1 is 1.25 bits per heavy atom. The third-order valence-electron chi connectivity index (χ3n) is 3.00. The van der Waals surface area contributed by atoms with E-state index < -0.39 is 5.97 Å². The van der Waals surface area contributed by atoms with Crippen molar-refractivity contribution in [2.24, 2.45) is 0 Å². The summed E-state index contributed by atoms with van der Waals surface area (Å²) in [7, 11) is 0. The summed E-state index contributed by atoms with van der Waals surface area (Å²) in [6.07, 6.45) is -0.349. The monoisotopic (exact) mass is 286 g/mol. The first-order valence-electron chi connectivity index (χ1n) is 5.96. The number of benzene rings is 1. The van der Waals surface area contributed by atoms with Gasteiger partial charge in [0, 0.05) is 10.9 Å². The number of hydrogen-bond donors (Lipinski definition) is 1. The molecular weight excluding hydrogens is 276 g/mol. The molecule has 0 saturated heterocycles. The average molecular weight is 286 g/mol. The van der Waals surface area contributed by atoms with Gasteiger partial charge in [0.1, 0.15) is 11.3 Å². The molecule has 2 aromatic heterocycles. The molecule has 3 rings (SSSR count). The number of fused-ring (bicyclic) bond motifs is 1. The number of thiophene rings is 1. The third kappa shape index (κ3) is 2.12. The molecule has 1 N–H and O–H groups in total. The van der Waals surface area contributed by atoms with E-state index in [1.165, 1.54) is 11.3 Å². The predicted octanol–water partition coefficient (Wildman–Crippen LogP) is 3.15. The maximum atomic E-state index is 12.5. The number of hydrogen-bond acceptors (Lipinski definition) is 4. The van der Waals surface area contributed by atoms with Crippen molar-refractivity contribution in [3.8, 4) is 11.3 Å². The zero-order valence-electron chi connectivity index (χ0n) is 10.3. The van der Waals surface area contributed by atoms with Gasteiger partial charge in [0.25, 0.3) is 0 Å². The number of rotatable bonds is 3. The Hall–Kier alpha value is -2.40. The van der Waals surface area contributed by atoms with Crippen molar-refractivity contribution in [1.29, 1.82) is 0 Å². The van der Waals surface area contributed by atoms with Crippen LogP contribution in [0.5, 0.6) is 0 Å². The van der Waals surface area contributed by atoms with Crippen LogP contribution in [0.1, 0.15) is 5.56 Å². The van der Waals surface area contributed by atoms with Gasteiger partial charge in [-0.2, -0.15) is 11.3 Å². The molecule has 1 aromatic carbocycles. The minimum atomic E-state index is -1.05. The molecule has 0 amide bonds. The van der Waals surface area contributed by atoms with E-state index in [-0.39, 0.29) is 17.4 Å². The van der Waals surface area contributed by atoms with Crippen molar-refractivity contribution in [2.45, 2.75) is 6.42 Å². The normalized spacial score (nSPS) is 10.8. The molecule has 0 radical (unpaired) electrons. The first kappa shape index (κ1) is 12.6. The summed E-state index contributed by atoms with van der Waals surface area (Å²) < 4.78 is 5.76. The summed E-state index contributed by atoms with van der Waals surface area (Å²) in [6.45, 7) is 0. The van der Waals surface area contributed by atoms with Crippen molar-refractivity contribution in [1.82, 2.24) is 0 Å². The number of carbonyl (C=O) groups is 1. The minimum Gasteiger partial charge on any atom is -0.481 e. The van der Waals surface area contributed by atoms with Crippen LogP contribution in [0, 0.1) is 0 Å². The van der Waals surface area contributed by atoms with Gasteiger partial charge in [0.05, 0.1) is 17.4 Å². The fraction of sp³-hybridized carbons (Fsp3) is 0.0667. The smallest absolute Gasteiger partial charge is 0.308 e. The van der Waals surface area contributed by atoms with Crippen LogP contribution in [0.4, 0.5) is 0 Å². The highest BCUT2D eigenvalue weighted by atomic mass is 32.1. The van der Waals surface area contributed by atoms with Crippen LogP contribution in [0.15, 0.2) is 50.3 Å². The maximum Gasteiger partial charge on any atom is 0.308 e. The third-order valence-corrected chi connectivity index (χ3v) is 3.69. The summed E-state index contributed by atoms with van der Waals surface area (Å²) >= 11 is 1.46. The van der Waals surface area contributed by atoms with E-state index in [1.807, 2.05) is 16.8 Å². The summed E-state index contributed by atoms with van der Waals surface area (Å²) in [5, 5.41) is 13.1. The minimum absolute atomic E-state index is 0.189. The van der Waals surface area contributed by atoms with Crippen LogP contribution in [0.25, 0.3) is 22.3 Å². The first-order chi connectivity index (χ1) is 9.66. The number of carboxylic acid groups (broad SMARTS) is 1. The molecule has 3 aromatic rings. The molecule has 0 fully saturated rings. The molecule has 4 nitrogen and oxygen atoms in total. The van der Waals surface area contributed by atoms with Crippen molar-refractivity contribution in [3.05, 3.63) is 56.9 Å². The lowest BCUT2D eigenvalue weighted by Crippen LogP contribution is -2.15. The SMILES string of the molecule is O=C(O)Cc1c(-c2ccsc2)oc2ccccc2c1=O. The van der Waals surface area contributed by atoms with E-state index in [0.29, 0.717) is 16.7 Å². The standard InChI is InChI=1S/C15H10O4S/c16-13(17)7-11-14(18)10-3-1-2-4-12(10)19-15(11)9-5-6-20-8-9/h1-6,8H,7H2,(H,16,17). The molecular formula is C15H10O4S. The molecule has 0 aliphatic heterocycles. The molecule has 0 bridgehead atoms. The van der Waals surface area contributed by atoms with Crippen LogP contribution in [0.3, 0.4) is 0 Å². The second kappa shape index (κ2) is 4.94. The summed E-state index contributed by atoms with van der Waals surface area (Å²) in [4.78, 5) is 23.5. The highest BCUT2D eigenvalue weighted by molar-refractivity contribution is 7.08. The topological polar surface area (TPSA) is 67.5 Å². The van der Waals surface area contributed by atoms with Gasteiger partial charge in [-0.3, -0.25) is 9.59 Å². The fourth-order valence-electron chi connectivity index (χ4n) is 2.12. The highest BCUT2D eigenvalue weighted by Crippen LogP contribution is 2.27. The Morgan fingerprint density at radius 3 is 2.75 bits per heavy atom. The molecule has 20 heavy (non-hydrogen) atoms. The first-order valence-corrected chi connectivity index (χ1v) is 6.90. The van der Waals surface area contributed by atoms with Gasteiger partial charge in [-0.15, -0.1) is 0 Å². The fourth-order valence-corrected chi connectivity index (χ4v) is 2.76. The molecule has 0 atom stereocenters. The van der Waals surface area contributed by atoms with Crippen molar-refractivity contribution >= 4 is 28.3 Å². The summed E-state index contributed by atoms with van der Waals surface area (Å²) in [5.41, 5.74) is 1.10. The van der Waals surface area contributed by atoms with Gasteiger partial charge in [-0.25, -0.2) is 0 Å². The highest BCUT2D eigenvalue weighted by Gasteiger charge is 2.18. The van der Waals surface area contributed by atoms with Gasteiger partial charge in [-0.1, -0.05) is 12.1 Å².